The monoisotopic (exact) mass is 258 g/mol. The molecule has 2 rings (SSSR count). The molecule has 0 amide bonds. The highest BCUT2D eigenvalue weighted by molar-refractivity contribution is 5.58. The van der Waals surface area contributed by atoms with Crippen LogP contribution in [0.5, 0.6) is 0 Å². The quantitative estimate of drug-likeness (QED) is 0.917. The minimum Gasteiger partial charge on any atom is -0.371 e. The van der Waals surface area contributed by atoms with Crippen molar-refractivity contribution in [1.82, 2.24) is 9.97 Å². The number of aromatic nitrogens is 2. The fourth-order valence-corrected chi connectivity index (χ4v) is 1.87. The highest BCUT2D eigenvalue weighted by Gasteiger charge is 2.27. The second kappa shape index (κ2) is 5.36. The second-order valence-electron chi connectivity index (χ2n) is 4.63. The van der Waals surface area contributed by atoms with Gasteiger partial charge in [0.2, 0.25) is 0 Å². The summed E-state index contributed by atoms with van der Waals surface area (Å²) in [5, 5.41) is 0. The van der Waals surface area contributed by atoms with E-state index in [4.69, 9.17) is 4.74 Å². The predicted octanol–water partition coefficient (Wildman–Crippen LogP) is 2.71. The Morgan fingerprint density at radius 2 is 2.00 bits per heavy atom. The van der Waals surface area contributed by atoms with Crippen LogP contribution in [0.1, 0.15) is 26.1 Å². The topological polar surface area (TPSA) is 55.0 Å². The number of H-pyrrole nitrogens is 1. The average Bonchev–Trinajstić information content (AvgIpc) is 2.46. The lowest BCUT2D eigenvalue weighted by Gasteiger charge is -2.25. The van der Waals surface area contributed by atoms with Gasteiger partial charge in [0, 0.05) is 18.7 Å². The largest absolute Gasteiger partial charge is 0.371 e. The van der Waals surface area contributed by atoms with Gasteiger partial charge in [-0.15, -0.1) is 0 Å². The summed E-state index contributed by atoms with van der Waals surface area (Å²) in [6.45, 7) is 3.92. The van der Waals surface area contributed by atoms with Crippen LogP contribution in [0, 0.1) is 0 Å². The van der Waals surface area contributed by atoms with Crippen LogP contribution in [0.25, 0.3) is 11.3 Å². The molecule has 1 aromatic heterocycles. The third-order valence-corrected chi connectivity index (χ3v) is 3.44. The zero-order valence-electron chi connectivity index (χ0n) is 11.4. The first-order valence-electron chi connectivity index (χ1n) is 6.31. The standard InChI is InChI=1S/C15H18N2O2/c1-4-15(2,19-3)14-16-12(10-13(18)17-14)11-8-6-5-7-9-11/h5-10H,4H2,1-3H3,(H,16,17,18). The molecular formula is C15H18N2O2. The van der Waals surface area contributed by atoms with Gasteiger partial charge in [0.1, 0.15) is 11.4 Å². The Morgan fingerprint density at radius 3 is 2.58 bits per heavy atom. The van der Waals surface area contributed by atoms with E-state index in [1.807, 2.05) is 44.2 Å². The molecule has 4 nitrogen and oxygen atoms in total. The molecule has 0 radical (unpaired) electrons. The molecule has 1 unspecified atom stereocenters. The van der Waals surface area contributed by atoms with E-state index in [-0.39, 0.29) is 5.56 Å². The van der Waals surface area contributed by atoms with Crippen molar-refractivity contribution in [3.05, 3.63) is 52.6 Å². The summed E-state index contributed by atoms with van der Waals surface area (Å²) in [6.07, 6.45) is 0.727. The molecule has 19 heavy (non-hydrogen) atoms. The van der Waals surface area contributed by atoms with Crippen molar-refractivity contribution in [2.24, 2.45) is 0 Å². The van der Waals surface area contributed by atoms with E-state index in [1.165, 1.54) is 6.07 Å². The van der Waals surface area contributed by atoms with Crippen LogP contribution >= 0.6 is 0 Å². The van der Waals surface area contributed by atoms with Gasteiger partial charge >= 0.3 is 0 Å². The highest BCUT2D eigenvalue weighted by Crippen LogP contribution is 2.25. The first-order chi connectivity index (χ1) is 9.09. The van der Waals surface area contributed by atoms with E-state index in [0.717, 1.165) is 12.0 Å². The van der Waals surface area contributed by atoms with Gasteiger partial charge in [-0.3, -0.25) is 4.79 Å². The van der Waals surface area contributed by atoms with Gasteiger partial charge in [-0.2, -0.15) is 0 Å². The Bertz CT molecular complexity index is 601. The predicted molar refractivity (Wildman–Crippen MR) is 74.9 cm³/mol. The van der Waals surface area contributed by atoms with E-state index in [2.05, 4.69) is 9.97 Å². The number of benzene rings is 1. The summed E-state index contributed by atoms with van der Waals surface area (Å²) in [5.74, 6) is 0.559. The van der Waals surface area contributed by atoms with E-state index in [0.29, 0.717) is 11.5 Å². The maximum atomic E-state index is 11.8. The lowest BCUT2D eigenvalue weighted by atomic mass is 10.0. The molecule has 1 N–H and O–H groups in total. The number of hydrogen-bond acceptors (Lipinski definition) is 3. The lowest BCUT2D eigenvalue weighted by molar-refractivity contribution is -0.00908. The molecule has 0 fully saturated rings. The minimum absolute atomic E-state index is 0.166. The van der Waals surface area contributed by atoms with Crippen molar-refractivity contribution in [1.29, 1.82) is 0 Å². The van der Waals surface area contributed by atoms with Crippen molar-refractivity contribution < 1.29 is 4.74 Å². The normalized spacial score (nSPS) is 14.1. The average molecular weight is 258 g/mol. The smallest absolute Gasteiger partial charge is 0.251 e. The molecule has 2 aromatic rings. The minimum atomic E-state index is -0.579. The van der Waals surface area contributed by atoms with Crippen LogP contribution in [0.15, 0.2) is 41.2 Å². The Balaban J connectivity index is 2.55. The van der Waals surface area contributed by atoms with E-state index in [9.17, 15) is 4.79 Å². The summed E-state index contributed by atoms with van der Waals surface area (Å²) >= 11 is 0. The Labute approximate surface area is 112 Å². The molecule has 100 valence electrons. The summed E-state index contributed by atoms with van der Waals surface area (Å²) in [6, 6.07) is 11.1. The first-order valence-corrected chi connectivity index (χ1v) is 6.31. The van der Waals surface area contributed by atoms with Crippen LogP contribution in [-0.4, -0.2) is 17.1 Å². The summed E-state index contributed by atoms with van der Waals surface area (Å²) in [7, 11) is 1.62. The summed E-state index contributed by atoms with van der Waals surface area (Å²) < 4.78 is 5.49. The van der Waals surface area contributed by atoms with Gasteiger partial charge in [-0.1, -0.05) is 37.3 Å². The second-order valence-corrected chi connectivity index (χ2v) is 4.63. The van der Waals surface area contributed by atoms with E-state index >= 15 is 0 Å². The maximum absolute atomic E-state index is 11.8. The molecule has 1 atom stereocenters. The van der Waals surface area contributed by atoms with Crippen molar-refractivity contribution in [3.8, 4) is 11.3 Å². The van der Waals surface area contributed by atoms with Gasteiger partial charge in [0.25, 0.3) is 5.56 Å². The van der Waals surface area contributed by atoms with Crippen molar-refractivity contribution in [2.75, 3.05) is 7.11 Å². The van der Waals surface area contributed by atoms with Crippen molar-refractivity contribution in [3.63, 3.8) is 0 Å². The zero-order chi connectivity index (χ0) is 13.9. The molecule has 0 aliphatic rings. The lowest BCUT2D eigenvalue weighted by Crippen LogP contribution is -2.29. The fraction of sp³-hybridized carbons (Fsp3) is 0.333. The van der Waals surface area contributed by atoms with Crippen molar-refractivity contribution in [2.45, 2.75) is 25.9 Å². The number of rotatable bonds is 4. The first kappa shape index (κ1) is 13.5. The molecule has 0 spiro atoms. The van der Waals surface area contributed by atoms with Gasteiger partial charge in [0.05, 0.1) is 5.69 Å². The molecule has 0 bridgehead atoms. The number of nitrogens with zero attached hydrogens (tertiary/aromatic N) is 1. The molecule has 1 aromatic carbocycles. The third kappa shape index (κ3) is 2.74. The highest BCUT2D eigenvalue weighted by atomic mass is 16.5. The Morgan fingerprint density at radius 1 is 1.32 bits per heavy atom. The Hall–Kier alpha value is -1.94. The molecule has 0 aliphatic heterocycles. The number of hydrogen-bond donors (Lipinski definition) is 1. The Kier molecular flexibility index (Phi) is 3.81. The molecule has 0 aliphatic carbocycles. The molecular weight excluding hydrogens is 240 g/mol. The van der Waals surface area contributed by atoms with E-state index in [1.54, 1.807) is 7.11 Å². The third-order valence-electron chi connectivity index (χ3n) is 3.44. The zero-order valence-corrected chi connectivity index (χ0v) is 11.4. The molecule has 4 heteroatoms. The van der Waals surface area contributed by atoms with Crippen LogP contribution < -0.4 is 5.56 Å². The number of methoxy groups -OCH3 is 1. The molecule has 0 saturated carbocycles. The van der Waals surface area contributed by atoms with Gasteiger partial charge in [0.15, 0.2) is 0 Å². The van der Waals surface area contributed by atoms with Crippen LogP contribution in [0.4, 0.5) is 0 Å². The van der Waals surface area contributed by atoms with Crippen LogP contribution in [0.3, 0.4) is 0 Å². The van der Waals surface area contributed by atoms with Crippen LogP contribution in [-0.2, 0) is 10.3 Å². The molecule has 0 saturated heterocycles. The van der Waals surface area contributed by atoms with E-state index < -0.39 is 5.60 Å². The molecule has 1 heterocycles. The fourth-order valence-electron chi connectivity index (χ4n) is 1.87. The SMILES string of the molecule is CCC(C)(OC)c1nc(-c2ccccc2)cc(=O)[nH]1. The van der Waals surface area contributed by atoms with Gasteiger partial charge < -0.3 is 9.72 Å². The number of aromatic amines is 1. The van der Waals surface area contributed by atoms with Gasteiger partial charge in [-0.25, -0.2) is 4.98 Å². The number of ether oxygens (including phenoxy) is 1. The van der Waals surface area contributed by atoms with Crippen molar-refractivity contribution >= 4 is 0 Å². The van der Waals surface area contributed by atoms with Crippen LogP contribution in [0.2, 0.25) is 0 Å². The number of nitrogens with one attached hydrogen (secondary N) is 1. The maximum Gasteiger partial charge on any atom is 0.251 e. The summed E-state index contributed by atoms with van der Waals surface area (Å²) in [5.41, 5.74) is 0.838. The summed E-state index contributed by atoms with van der Waals surface area (Å²) in [4.78, 5) is 19.1. The van der Waals surface area contributed by atoms with Gasteiger partial charge in [-0.05, 0) is 13.3 Å².